The number of amides is 1. The van der Waals surface area contributed by atoms with Gasteiger partial charge in [-0.2, -0.15) is 0 Å². The van der Waals surface area contributed by atoms with Crippen LogP contribution in [0.25, 0.3) is 0 Å². The number of benzene rings is 1. The van der Waals surface area contributed by atoms with Crippen molar-refractivity contribution >= 4 is 37.8 Å². The predicted octanol–water partition coefficient (Wildman–Crippen LogP) is 3.50. The fourth-order valence-corrected chi connectivity index (χ4v) is 4.07. The third-order valence-corrected chi connectivity index (χ3v) is 4.79. The van der Waals surface area contributed by atoms with Crippen molar-refractivity contribution in [2.24, 2.45) is 5.73 Å². The first-order valence-corrected chi connectivity index (χ1v) is 8.77. The first kappa shape index (κ1) is 16.8. The van der Waals surface area contributed by atoms with E-state index in [1.165, 1.54) is 37.7 Å². The molecule has 1 aromatic rings. The lowest BCUT2D eigenvalue weighted by atomic mass is 9.95. The Morgan fingerprint density at radius 1 is 1.24 bits per heavy atom. The number of rotatable bonds is 6. The zero-order chi connectivity index (χ0) is 15.2. The number of hydrogen-bond donors (Lipinski definition) is 2. The largest absolute Gasteiger partial charge is 0.481 e. The SMILES string of the molecule is NC(=O)COc1c(Br)cc(CNC2CCCCC2)cc1Br. The second kappa shape index (κ2) is 8.15. The van der Waals surface area contributed by atoms with Gasteiger partial charge in [-0.3, -0.25) is 4.79 Å². The standard InChI is InChI=1S/C15H20Br2N2O2/c16-12-6-10(8-19-11-4-2-1-3-5-11)7-13(17)15(12)21-9-14(18)20/h6-7,11,19H,1-5,8-9H2,(H2,18,20). The summed E-state index contributed by atoms with van der Waals surface area (Å²) in [6, 6.07) is 4.65. The number of ether oxygens (including phenoxy) is 1. The van der Waals surface area contributed by atoms with E-state index in [1.807, 2.05) is 12.1 Å². The van der Waals surface area contributed by atoms with E-state index < -0.39 is 5.91 Å². The normalized spacial score (nSPS) is 15.9. The minimum absolute atomic E-state index is 0.128. The zero-order valence-corrected chi connectivity index (χ0v) is 15.0. The van der Waals surface area contributed by atoms with Gasteiger partial charge in [-0.1, -0.05) is 19.3 Å². The molecule has 21 heavy (non-hydrogen) atoms. The van der Waals surface area contributed by atoms with E-state index in [0.717, 1.165) is 15.5 Å². The fraction of sp³-hybridized carbons (Fsp3) is 0.533. The Kier molecular flexibility index (Phi) is 6.51. The molecule has 1 fully saturated rings. The van der Waals surface area contributed by atoms with Crippen LogP contribution in [0.4, 0.5) is 0 Å². The maximum atomic E-state index is 10.8. The van der Waals surface area contributed by atoms with Gasteiger partial charge in [0.25, 0.3) is 5.91 Å². The van der Waals surface area contributed by atoms with Gasteiger partial charge in [0.2, 0.25) is 0 Å². The summed E-state index contributed by atoms with van der Waals surface area (Å²) in [5.41, 5.74) is 6.27. The van der Waals surface area contributed by atoms with Gasteiger partial charge in [0.15, 0.2) is 6.61 Å². The molecule has 0 unspecified atom stereocenters. The van der Waals surface area contributed by atoms with Crippen molar-refractivity contribution in [2.45, 2.75) is 44.7 Å². The van der Waals surface area contributed by atoms with Crippen LogP contribution in [0.1, 0.15) is 37.7 Å². The van der Waals surface area contributed by atoms with Gasteiger partial charge < -0.3 is 15.8 Å². The number of carbonyl (C=O) groups is 1. The molecule has 1 saturated carbocycles. The number of nitrogens with one attached hydrogen (secondary N) is 1. The fourth-order valence-electron chi connectivity index (χ4n) is 2.56. The zero-order valence-electron chi connectivity index (χ0n) is 11.8. The van der Waals surface area contributed by atoms with E-state index >= 15 is 0 Å². The van der Waals surface area contributed by atoms with E-state index in [1.54, 1.807) is 0 Å². The number of nitrogens with two attached hydrogens (primary N) is 1. The van der Waals surface area contributed by atoms with Crippen LogP contribution >= 0.6 is 31.9 Å². The van der Waals surface area contributed by atoms with Crippen molar-refractivity contribution in [3.05, 3.63) is 26.6 Å². The molecule has 0 aliphatic heterocycles. The van der Waals surface area contributed by atoms with Crippen molar-refractivity contribution < 1.29 is 9.53 Å². The Morgan fingerprint density at radius 2 is 1.86 bits per heavy atom. The Bertz CT molecular complexity index is 479. The summed E-state index contributed by atoms with van der Waals surface area (Å²) in [5.74, 6) is 0.118. The minimum atomic E-state index is -0.489. The molecule has 1 aliphatic carbocycles. The van der Waals surface area contributed by atoms with Gasteiger partial charge in [0.05, 0.1) is 8.95 Å². The average molecular weight is 420 g/mol. The van der Waals surface area contributed by atoms with Crippen molar-refractivity contribution in [3.8, 4) is 5.75 Å². The molecule has 3 N–H and O–H groups in total. The molecule has 116 valence electrons. The quantitative estimate of drug-likeness (QED) is 0.741. The highest BCUT2D eigenvalue weighted by molar-refractivity contribution is 9.11. The predicted molar refractivity (Wildman–Crippen MR) is 90.2 cm³/mol. The number of carbonyl (C=O) groups excluding carboxylic acids is 1. The molecule has 1 amide bonds. The molecule has 2 rings (SSSR count). The highest BCUT2D eigenvalue weighted by Crippen LogP contribution is 2.34. The van der Waals surface area contributed by atoms with Crippen molar-refractivity contribution in [1.82, 2.24) is 5.32 Å². The van der Waals surface area contributed by atoms with E-state index in [9.17, 15) is 4.79 Å². The van der Waals surface area contributed by atoms with Crippen molar-refractivity contribution in [2.75, 3.05) is 6.61 Å². The van der Waals surface area contributed by atoms with Crippen LogP contribution < -0.4 is 15.8 Å². The summed E-state index contributed by atoms with van der Waals surface area (Å²) in [4.78, 5) is 10.8. The van der Waals surface area contributed by atoms with Crippen LogP contribution in [0.5, 0.6) is 5.75 Å². The van der Waals surface area contributed by atoms with Crippen LogP contribution in [0.15, 0.2) is 21.1 Å². The molecule has 0 saturated heterocycles. The van der Waals surface area contributed by atoms with Crippen LogP contribution in [-0.4, -0.2) is 18.6 Å². The molecule has 0 spiro atoms. The van der Waals surface area contributed by atoms with Crippen LogP contribution in [0.3, 0.4) is 0 Å². The molecular formula is C15H20Br2N2O2. The van der Waals surface area contributed by atoms with Gasteiger partial charge in [0, 0.05) is 12.6 Å². The molecular weight excluding hydrogens is 400 g/mol. The molecule has 1 aromatic carbocycles. The van der Waals surface area contributed by atoms with Crippen LogP contribution in [-0.2, 0) is 11.3 Å². The van der Waals surface area contributed by atoms with Gasteiger partial charge in [0.1, 0.15) is 5.75 Å². The maximum Gasteiger partial charge on any atom is 0.255 e. The summed E-state index contributed by atoms with van der Waals surface area (Å²) in [6.45, 7) is 0.703. The van der Waals surface area contributed by atoms with E-state index in [-0.39, 0.29) is 6.61 Å². The number of primary amides is 1. The molecule has 1 aliphatic rings. The van der Waals surface area contributed by atoms with E-state index in [0.29, 0.717) is 11.8 Å². The summed E-state index contributed by atoms with van der Waals surface area (Å²) in [5, 5.41) is 3.61. The topological polar surface area (TPSA) is 64.4 Å². The molecule has 0 heterocycles. The summed E-state index contributed by atoms with van der Waals surface area (Å²) in [6.07, 6.45) is 6.54. The molecule has 0 atom stereocenters. The van der Waals surface area contributed by atoms with Crippen molar-refractivity contribution in [1.29, 1.82) is 0 Å². The lowest BCUT2D eigenvalue weighted by Gasteiger charge is -2.23. The van der Waals surface area contributed by atoms with E-state index in [4.69, 9.17) is 10.5 Å². The Hall–Kier alpha value is -0.590. The lowest BCUT2D eigenvalue weighted by Crippen LogP contribution is -2.30. The highest BCUT2D eigenvalue weighted by atomic mass is 79.9. The van der Waals surface area contributed by atoms with Gasteiger partial charge >= 0.3 is 0 Å². The summed E-state index contributed by atoms with van der Waals surface area (Å²) >= 11 is 6.96. The van der Waals surface area contributed by atoms with Gasteiger partial charge in [-0.05, 0) is 62.4 Å². The highest BCUT2D eigenvalue weighted by Gasteiger charge is 2.14. The monoisotopic (exact) mass is 418 g/mol. The average Bonchev–Trinajstić information content (AvgIpc) is 2.45. The third-order valence-electron chi connectivity index (χ3n) is 3.62. The molecule has 6 heteroatoms. The van der Waals surface area contributed by atoms with Gasteiger partial charge in [-0.15, -0.1) is 0 Å². The smallest absolute Gasteiger partial charge is 0.255 e. The summed E-state index contributed by atoms with van der Waals surface area (Å²) < 4.78 is 7.03. The third kappa shape index (κ3) is 5.27. The Labute approximate surface area is 142 Å². The number of hydrogen-bond acceptors (Lipinski definition) is 3. The number of halogens is 2. The summed E-state index contributed by atoms with van der Waals surface area (Å²) in [7, 11) is 0. The Morgan fingerprint density at radius 3 is 2.43 bits per heavy atom. The molecule has 0 aromatic heterocycles. The molecule has 0 bridgehead atoms. The Balaban J connectivity index is 1.96. The first-order valence-electron chi connectivity index (χ1n) is 7.18. The molecule has 4 nitrogen and oxygen atoms in total. The second-order valence-corrected chi connectivity index (χ2v) is 7.07. The lowest BCUT2D eigenvalue weighted by molar-refractivity contribution is -0.119. The first-order chi connectivity index (χ1) is 10.1. The van der Waals surface area contributed by atoms with E-state index in [2.05, 4.69) is 37.2 Å². The minimum Gasteiger partial charge on any atom is -0.481 e. The van der Waals surface area contributed by atoms with Gasteiger partial charge in [-0.25, -0.2) is 0 Å². The molecule has 0 radical (unpaired) electrons. The maximum absolute atomic E-state index is 10.8. The van der Waals surface area contributed by atoms with Crippen molar-refractivity contribution in [3.63, 3.8) is 0 Å². The van der Waals surface area contributed by atoms with Crippen LogP contribution in [0.2, 0.25) is 0 Å². The van der Waals surface area contributed by atoms with Crippen LogP contribution in [0, 0.1) is 0 Å². The second-order valence-electron chi connectivity index (χ2n) is 5.36.